The van der Waals surface area contributed by atoms with Crippen LogP contribution >= 0.6 is 23.2 Å². The van der Waals surface area contributed by atoms with Crippen molar-refractivity contribution in [1.82, 2.24) is 9.62 Å². The van der Waals surface area contributed by atoms with Gasteiger partial charge in [0.25, 0.3) is 5.91 Å². The van der Waals surface area contributed by atoms with Gasteiger partial charge in [0.05, 0.1) is 28.7 Å². The molecule has 144 valence electrons. The van der Waals surface area contributed by atoms with E-state index in [1.807, 2.05) is 0 Å². The standard InChI is InChI=1S/C18H18Cl2N2O4S/c19-14-3-6-16(17(20)11-14)18(23)21-12-13-1-4-15(5-2-13)27(24,25)22-7-9-26-10-8-22/h1-6,11H,7-10,12H2,(H,21,23). The lowest BCUT2D eigenvalue weighted by Crippen LogP contribution is -2.40. The summed E-state index contributed by atoms with van der Waals surface area (Å²) in [7, 11) is -3.53. The summed E-state index contributed by atoms with van der Waals surface area (Å²) in [6.07, 6.45) is 0. The predicted molar refractivity (Wildman–Crippen MR) is 104 cm³/mol. The van der Waals surface area contributed by atoms with Crippen LogP contribution in [0.15, 0.2) is 47.4 Å². The molecule has 27 heavy (non-hydrogen) atoms. The van der Waals surface area contributed by atoms with Crippen molar-refractivity contribution in [3.63, 3.8) is 0 Å². The number of halogens is 2. The van der Waals surface area contributed by atoms with Crippen LogP contribution in [0.3, 0.4) is 0 Å². The Bertz CT molecular complexity index is 927. The highest BCUT2D eigenvalue weighted by molar-refractivity contribution is 7.89. The fraction of sp³-hybridized carbons (Fsp3) is 0.278. The van der Waals surface area contributed by atoms with Crippen molar-refractivity contribution >= 4 is 39.1 Å². The molecule has 1 heterocycles. The topological polar surface area (TPSA) is 75.7 Å². The Labute approximate surface area is 168 Å². The van der Waals surface area contributed by atoms with Crippen LogP contribution in [-0.2, 0) is 21.3 Å². The number of carbonyl (C=O) groups is 1. The number of sulfonamides is 1. The quantitative estimate of drug-likeness (QED) is 0.793. The maximum absolute atomic E-state index is 12.6. The number of rotatable bonds is 5. The highest BCUT2D eigenvalue weighted by atomic mass is 35.5. The molecular weight excluding hydrogens is 411 g/mol. The van der Waals surface area contributed by atoms with Gasteiger partial charge in [0.1, 0.15) is 0 Å². The number of nitrogens with one attached hydrogen (secondary N) is 1. The van der Waals surface area contributed by atoms with Crippen molar-refractivity contribution in [1.29, 1.82) is 0 Å². The molecule has 2 aromatic carbocycles. The first-order valence-electron chi connectivity index (χ1n) is 8.28. The molecule has 0 atom stereocenters. The Morgan fingerprint density at radius 2 is 1.74 bits per heavy atom. The van der Waals surface area contributed by atoms with Crippen molar-refractivity contribution < 1.29 is 17.9 Å². The number of benzene rings is 2. The smallest absolute Gasteiger partial charge is 0.253 e. The van der Waals surface area contributed by atoms with Gasteiger partial charge in [-0.1, -0.05) is 35.3 Å². The van der Waals surface area contributed by atoms with Crippen LogP contribution in [0, 0.1) is 0 Å². The Balaban J connectivity index is 1.64. The third-order valence-electron chi connectivity index (χ3n) is 4.16. The zero-order valence-corrected chi connectivity index (χ0v) is 16.6. The molecular formula is C18H18Cl2N2O4S. The number of hydrogen-bond acceptors (Lipinski definition) is 4. The largest absolute Gasteiger partial charge is 0.379 e. The van der Waals surface area contributed by atoms with E-state index in [1.54, 1.807) is 36.4 Å². The van der Waals surface area contributed by atoms with Crippen molar-refractivity contribution in [2.45, 2.75) is 11.4 Å². The second kappa shape index (κ2) is 8.58. The number of morpholine rings is 1. The molecule has 0 bridgehead atoms. The van der Waals surface area contributed by atoms with Gasteiger partial charge in [-0.3, -0.25) is 4.79 Å². The van der Waals surface area contributed by atoms with Gasteiger partial charge in [-0.15, -0.1) is 0 Å². The number of hydrogen-bond donors (Lipinski definition) is 1. The van der Waals surface area contributed by atoms with E-state index in [0.717, 1.165) is 5.56 Å². The van der Waals surface area contributed by atoms with Crippen LogP contribution in [0.5, 0.6) is 0 Å². The van der Waals surface area contributed by atoms with Crippen LogP contribution in [0.4, 0.5) is 0 Å². The summed E-state index contributed by atoms with van der Waals surface area (Å²) in [6.45, 7) is 1.74. The van der Waals surface area contributed by atoms with Crippen LogP contribution in [0.2, 0.25) is 10.0 Å². The van der Waals surface area contributed by atoms with Gasteiger partial charge in [-0.05, 0) is 35.9 Å². The molecule has 2 aromatic rings. The number of nitrogens with zero attached hydrogens (tertiary/aromatic N) is 1. The molecule has 6 nitrogen and oxygen atoms in total. The Kier molecular flexibility index (Phi) is 6.39. The van der Waals surface area contributed by atoms with Gasteiger partial charge in [0.2, 0.25) is 10.0 Å². The molecule has 1 aliphatic heterocycles. The summed E-state index contributed by atoms with van der Waals surface area (Å²) < 4.78 is 31.8. The zero-order chi connectivity index (χ0) is 19.4. The van der Waals surface area contributed by atoms with E-state index in [1.165, 1.54) is 10.4 Å². The summed E-state index contributed by atoms with van der Waals surface area (Å²) in [5.41, 5.74) is 1.10. The molecule has 0 spiro atoms. The van der Waals surface area contributed by atoms with Crippen molar-refractivity contribution in [3.8, 4) is 0 Å². The van der Waals surface area contributed by atoms with Crippen molar-refractivity contribution in [2.75, 3.05) is 26.3 Å². The van der Waals surface area contributed by atoms with Gasteiger partial charge in [-0.25, -0.2) is 8.42 Å². The second-order valence-corrected chi connectivity index (χ2v) is 8.75. The van der Waals surface area contributed by atoms with E-state index in [4.69, 9.17) is 27.9 Å². The van der Waals surface area contributed by atoms with Crippen LogP contribution in [0.25, 0.3) is 0 Å². The molecule has 0 aromatic heterocycles. The lowest BCUT2D eigenvalue weighted by molar-refractivity contribution is 0.0730. The van der Waals surface area contributed by atoms with Gasteiger partial charge in [0.15, 0.2) is 0 Å². The minimum Gasteiger partial charge on any atom is -0.379 e. The molecule has 0 radical (unpaired) electrons. The van der Waals surface area contributed by atoms with Gasteiger partial charge in [-0.2, -0.15) is 4.31 Å². The molecule has 0 saturated carbocycles. The highest BCUT2D eigenvalue weighted by Crippen LogP contribution is 2.21. The third kappa shape index (κ3) is 4.80. The number of carbonyl (C=O) groups excluding carboxylic acids is 1. The van der Waals surface area contributed by atoms with E-state index >= 15 is 0 Å². The van der Waals surface area contributed by atoms with Gasteiger partial charge >= 0.3 is 0 Å². The maximum Gasteiger partial charge on any atom is 0.253 e. The summed E-state index contributed by atoms with van der Waals surface area (Å²) in [4.78, 5) is 12.5. The summed E-state index contributed by atoms with van der Waals surface area (Å²) in [5, 5.41) is 3.48. The van der Waals surface area contributed by atoms with Gasteiger partial charge in [0, 0.05) is 24.7 Å². The average molecular weight is 429 g/mol. The van der Waals surface area contributed by atoms with E-state index in [0.29, 0.717) is 36.9 Å². The normalized spacial score (nSPS) is 15.5. The second-order valence-electron chi connectivity index (χ2n) is 5.97. The molecule has 0 unspecified atom stereocenters. The van der Waals surface area contributed by atoms with Crippen LogP contribution < -0.4 is 5.32 Å². The molecule has 1 amide bonds. The van der Waals surface area contributed by atoms with Gasteiger partial charge < -0.3 is 10.1 Å². The Morgan fingerprint density at radius 3 is 2.37 bits per heavy atom. The Morgan fingerprint density at radius 1 is 1.07 bits per heavy atom. The third-order valence-corrected chi connectivity index (χ3v) is 6.62. The van der Waals surface area contributed by atoms with E-state index in [2.05, 4.69) is 5.32 Å². The lowest BCUT2D eigenvalue weighted by Gasteiger charge is -2.26. The van der Waals surface area contributed by atoms with Crippen LogP contribution in [0.1, 0.15) is 15.9 Å². The number of ether oxygens (including phenoxy) is 1. The first kappa shape index (κ1) is 20.1. The highest BCUT2D eigenvalue weighted by Gasteiger charge is 2.26. The first-order chi connectivity index (χ1) is 12.9. The Hall–Kier alpha value is -1.64. The lowest BCUT2D eigenvalue weighted by atomic mass is 10.2. The first-order valence-corrected chi connectivity index (χ1v) is 10.5. The zero-order valence-electron chi connectivity index (χ0n) is 14.3. The number of amides is 1. The van der Waals surface area contributed by atoms with E-state index in [9.17, 15) is 13.2 Å². The molecule has 0 aliphatic carbocycles. The van der Waals surface area contributed by atoms with Crippen molar-refractivity contribution in [3.05, 3.63) is 63.6 Å². The predicted octanol–water partition coefficient (Wildman–Crippen LogP) is 2.94. The van der Waals surface area contributed by atoms with Crippen molar-refractivity contribution in [2.24, 2.45) is 0 Å². The summed E-state index contributed by atoms with van der Waals surface area (Å²) in [5.74, 6) is -0.332. The van der Waals surface area contributed by atoms with E-state index < -0.39 is 10.0 Å². The summed E-state index contributed by atoms with van der Waals surface area (Å²) >= 11 is 11.9. The summed E-state index contributed by atoms with van der Waals surface area (Å²) in [6, 6.07) is 11.1. The molecule has 3 rings (SSSR count). The molecule has 1 saturated heterocycles. The fourth-order valence-electron chi connectivity index (χ4n) is 2.67. The minimum atomic E-state index is -3.53. The SMILES string of the molecule is O=C(NCc1ccc(S(=O)(=O)N2CCOCC2)cc1)c1ccc(Cl)cc1Cl. The maximum atomic E-state index is 12.6. The molecule has 1 N–H and O–H groups in total. The average Bonchev–Trinajstić information content (AvgIpc) is 2.67. The fourth-order valence-corrected chi connectivity index (χ4v) is 4.57. The molecule has 1 fully saturated rings. The molecule has 9 heteroatoms. The minimum absolute atomic E-state index is 0.222. The van der Waals surface area contributed by atoms with Crippen LogP contribution in [-0.4, -0.2) is 44.9 Å². The molecule has 1 aliphatic rings. The van der Waals surface area contributed by atoms with E-state index in [-0.39, 0.29) is 22.4 Å². The monoisotopic (exact) mass is 428 g/mol.